The van der Waals surface area contributed by atoms with E-state index >= 15 is 0 Å². The van der Waals surface area contributed by atoms with E-state index in [-0.39, 0.29) is 0 Å². The number of rotatable bonds is 1. The first-order valence-electron chi connectivity index (χ1n) is 3.47. The minimum Gasteiger partial charge on any atom is -0.333 e. The second-order valence-corrected chi connectivity index (χ2v) is 2.35. The second-order valence-electron chi connectivity index (χ2n) is 2.35. The maximum absolute atomic E-state index is 3.33. The Balaban J connectivity index is 2.13. The third-order valence-corrected chi connectivity index (χ3v) is 1.81. The van der Waals surface area contributed by atoms with E-state index in [2.05, 4.69) is 12.2 Å². The zero-order valence-corrected chi connectivity index (χ0v) is 5.54. The van der Waals surface area contributed by atoms with E-state index < -0.39 is 0 Å². The third-order valence-electron chi connectivity index (χ3n) is 1.81. The highest BCUT2D eigenvalue weighted by Gasteiger charge is 2.08. The number of hydrogen-bond donors (Lipinski definition) is 2. The van der Waals surface area contributed by atoms with E-state index in [1.807, 2.05) is 0 Å². The van der Waals surface area contributed by atoms with Crippen LogP contribution in [0.3, 0.4) is 0 Å². The number of piperazine rings is 1. The molecule has 0 bridgehead atoms. The fourth-order valence-electron chi connectivity index (χ4n) is 1.13. The molecule has 0 radical (unpaired) electrons. The molecule has 0 aliphatic carbocycles. The Bertz CT molecular complexity index is 57.5. The van der Waals surface area contributed by atoms with Gasteiger partial charge in [-0.1, -0.05) is 0 Å². The summed E-state index contributed by atoms with van der Waals surface area (Å²) in [6.07, 6.45) is 0. The zero-order chi connectivity index (χ0) is 5.82. The molecule has 8 heavy (non-hydrogen) atoms. The Morgan fingerprint density at radius 3 is 2.38 bits per heavy atom. The van der Waals surface area contributed by atoms with E-state index in [0.29, 0.717) is 0 Å². The monoisotopic (exact) mass is 115 g/mol. The highest BCUT2D eigenvalue weighted by Crippen LogP contribution is 1.61. The van der Waals surface area contributed by atoms with Crippen LogP contribution >= 0.6 is 0 Å². The van der Waals surface area contributed by atoms with Gasteiger partial charge < -0.3 is 10.2 Å². The molecular formula is C6H15N2+. The van der Waals surface area contributed by atoms with E-state index in [9.17, 15) is 0 Å². The normalized spacial score (nSPS) is 23.6. The van der Waals surface area contributed by atoms with Crippen molar-refractivity contribution in [2.45, 2.75) is 6.92 Å². The summed E-state index contributed by atoms with van der Waals surface area (Å²) < 4.78 is 0. The Morgan fingerprint density at radius 2 is 2.00 bits per heavy atom. The van der Waals surface area contributed by atoms with Crippen LogP contribution in [-0.4, -0.2) is 32.7 Å². The Hall–Kier alpha value is -0.0800. The molecule has 0 unspecified atom stereocenters. The fourth-order valence-corrected chi connectivity index (χ4v) is 1.13. The molecule has 1 saturated heterocycles. The van der Waals surface area contributed by atoms with Gasteiger partial charge in [-0.2, -0.15) is 0 Å². The van der Waals surface area contributed by atoms with Crippen molar-refractivity contribution < 1.29 is 4.90 Å². The second kappa shape index (κ2) is 3.05. The van der Waals surface area contributed by atoms with Gasteiger partial charge in [0.15, 0.2) is 0 Å². The minimum absolute atomic E-state index is 1.21. The van der Waals surface area contributed by atoms with Crippen LogP contribution < -0.4 is 10.2 Å². The van der Waals surface area contributed by atoms with Crippen molar-refractivity contribution in [2.24, 2.45) is 0 Å². The van der Waals surface area contributed by atoms with Gasteiger partial charge in [0.1, 0.15) is 0 Å². The van der Waals surface area contributed by atoms with E-state index in [1.54, 1.807) is 4.90 Å². The molecule has 1 aliphatic rings. The van der Waals surface area contributed by atoms with Crippen LogP contribution in [0.2, 0.25) is 0 Å². The lowest BCUT2D eigenvalue weighted by Crippen LogP contribution is -3.14. The standard InChI is InChI=1S/C6H14N2/c1-2-8-5-3-7-4-6-8/h7H,2-6H2,1H3/p+1. The largest absolute Gasteiger partial charge is 0.333 e. The molecule has 1 heterocycles. The van der Waals surface area contributed by atoms with Crippen molar-refractivity contribution in [3.8, 4) is 0 Å². The number of quaternary nitrogens is 1. The molecule has 2 nitrogen and oxygen atoms in total. The third kappa shape index (κ3) is 1.46. The summed E-state index contributed by atoms with van der Waals surface area (Å²) in [4.78, 5) is 1.74. The van der Waals surface area contributed by atoms with Gasteiger partial charge >= 0.3 is 0 Å². The summed E-state index contributed by atoms with van der Waals surface area (Å²) in [6, 6.07) is 0. The predicted octanol–water partition coefficient (Wildman–Crippen LogP) is -1.51. The van der Waals surface area contributed by atoms with Gasteiger partial charge in [0, 0.05) is 13.1 Å². The molecule has 1 aliphatic heterocycles. The molecule has 0 spiro atoms. The van der Waals surface area contributed by atoms with Crippen molar-refractivity contribution >= 4 is 0 Å². The Morgan fingerprint density at radius 1 is 1.38 bits per heavy atom. The molecule has 0 saturated carbocycles. The molecule has 0 aromatic heterocycles. The lowest BCUT2D eigenvalue weighted by atomic mass is 10.4. The zero-order valence-electron chi connectivity index (χ0n) is 5.54. The number of hydrogen-bond acceptors (Lipinski definition) is 1. The highest BCUT2D eigenvalue weighted by molar-refractivity contribution is 4.48. The van der Waals surface area contributed by atoms with Crippen LogP contribution in [0.15, 0.2) is 0 Å². The Labute approximate surface area is 50.9 Å². The first-order valence-corrected chi connectivity index (χ1v) is 3.47. The fraction of sp³-hybridized carbons (Fsp3) is 1.00. The molecule has 1 fully saturated rings. The average molecular weight is 115 g/mol. The van der Waals surface area contributed by atoms with Crippen LogP contribution in [0.4, 0.5) is 0 Å². The molecule has 2 N–H and O–H groups in total. The predicted molar refractivity (Wildman–Crippen MR) is 34.1 cm³/mol. The van der Waals surface area contributed by atoms with E-state index in [0.717, 1.165) is 0 Å². The van der Waals surface area contributed by atoms with Crippen LogP contribution in [0.1, 0.15) is 6.92 Å². The Kier molecular flexibility index (Phi) is 2.30. The quantitative estimate of drug-likeness (QED) is 0.425. The molecule has 0 amide bonds. The summed E-state index contributed by atoms with van der Waals surface area (Å²) in [5.41, 5.74) is 0. The van der Waals surface area contributed by atoms with E-state index in [1.165, 1.54) is 32.7 Å². The molecule has 2 heteroatoms. The smallest absolute Gasteiger partial charge is 0.0898 e. The lowest BCUT2D eigenvalue weighted by Gasteiger charge is -2.22. The molecule has 0 atom stereocenters. The number of nitrogens with one attached hydrogen (secondary N) is 2. The SMILES string of the molecule is CC[NH+]1CCNCC1. The van der Waals surface area contributed by atoms with Gasteiger partial charge in [0.2, 0.25) is 0 Å². The van der Waals surface area contributed by atoms with E-state index in [4.69, 9.17) is 0 Å². The topological polar surface area (TPSA) is 16.5 Å². The first-order chi connectivity index (χ1) is 3.93. The van der Waals surface area contributed by atoms with Crippen LogP contribution in [0.25, 0.3) is 0 Å². The highest BCUT2D eigenvalue weighted by atomic mass is 15.2. The van der Waals surface area contributed by atoms with Gasteiger partial charge in [-0.25, -0.2) is 0 Å². The van der Waals surface area contributed by atoms with Crippen LogP contribution in [-0.2, 0) is 0 Å². The molecule has 0 aromatic carbocycles. The van der Waals surface area contributed by atoms with Crippen molar-refractivity contribution in [3.63, 3.8) is 0 Å². The summed E-state index contributed by atoms with van der Waals surface area (Å²) in [6.45, 7) is 8.60. The van der Waals surface area contributed by atoms with Crippen molar-refractivity contribution in [1.29, 1.82) is 0 Å². The first kappa shape index (κ1) is 6.05. The summed E-state index contributed by atoms with van der Waals surface area (Å²) in [7, 11) is 0. The summed E-state index contributed by atoms with van der Waals surface area (Å²) in [5, 5.41) is 3.33. The average Bonchev–Trinajstić information content (AvgIpc) is 1.90. The molecular weight excluding hydrogens is 100 g/mol. The maximum Gasteiger partial charge on any atom is 0.0898 e. The van der Waals surface area contributed by atoms with Gasteiger partial charge in [-0.15, -0.1) is 0 Å². The van der Waals surface area contributed by atoms with Crippen molar-refractivity contribution in [3.05, 3.63) is 0 Å². The lowest BCUT2D eigenvalue weighted by molar-refractivity contribution is -0.899. The number of likely N-dealkylation sites (N-methyl/N-ethyl adjacent to an activating group) is 1. The van der Waals surface area contributed by atoms with Crippen LogP contribution in [0, 0.1) is 0 Å². The van der Waals surface area contributed by atoms with Gasteiger partial charge in [-0.3, -0.25) is 0 Å². The van der Waals surface area contributed by atoms with Gasteiger partial charge in [0.05, 0.1) is 19.6 Å². The molecule has 48 valence electrons. The van der Waals surface area contributed by atoms with Crippen molar-refractivity contribution in [1.82, 2.24) is 5.32 Å². The van der Waals surface area contributed by atoms with Gasteiger partial charge in [0.25, 0.3) is 0 Å². The van der Waals surface area contributed by atoms with Crippen LogP contribution in [0.5, 0.6) is 0 Å². The molecule has 0 aromatic rings. The minimum atomic E-state index is 1.21. The van der Waals surface area contributed by atoms with Crippen molar-refractivity contribution in [2.75, 3.05) is 32.7 Å². The summed E-state index contributed by atoms with van der Waals surface area (Å²) in [5.74, 6) is 0. The van der Waals surface area contributed by atoms with Gasteiger partial charge in [-0.05, 0) is 6.92 Å². The summed E-state index contributed by atoms with van der Waals surface area (Å²) >= 11 is 0. The molecule has 1 rings (SSSR count). The maximum atomic E-state index is 3.33.